The van der Waals surface area contributed by atoms with Crippen molar-refractivity contribution in [2.24, 2.45) is 0 Å². The minimum atomic E-state index is -0.561. The van der Waals surface area contributed by atoms with Gasteiger partial charge >= 0.3 is 0 Å². The molecule has 1 aliphatic heterocycles. The number of likely N-dealkylation sites (tertiary alicyclic amines) is 1. The zero-order chi connectivity index (χ0) is 25.0. The maximum absolute atomic E-state index is 13.4. The smallest absolute Gasteiger partial charge is 0.137 e. The molecular weight excluding hydrogens is 425 g/mol. The van der Waals surface area contributed by atoms with Gasteiger partial charge in [-0.25, -0.2) is 4.39 Å². The summed E-state index contributed by atoms with van der Waals surface area (Å²) in [6, 6.07) is 13.3. The Morgan fingerprint density at radius 1 is 0.882 bits per heavy atom. The van der Waals surface area contributed by atoms with Crippen LogP contribution in [0.4, 0.5) is 4.39 Å². The van der Waals surface area contributed by atoms with Crippen LogP contribution in [0.3, 0.4) is 0 Å². The van der Waals surface area contributed by atoms with Crippen LogP contribution in [-0.2, 0) is 17.4 Å². The molecule has 0 bridgehead atoms. The van der Waals surface area contributed by atoms with Crippen LogP contribution in [0.1, 0.15) is 83.9 Å². The lowest BCUT2D eigenvalue weighted by molar-refractivity contribution is -0.942. The van der Waals surface area contributed by atoms with E-state index in [1.807, 2.05) is 12.1 Å². The molecule has 0 saturated carbocycles. The van der Waals surface area contributed by atoms with E-state index in [1.54, 1.807) is 12.1 Å². The van der Waals surface area contributed by atoms with Gasteiger partial charge in [0.05, 0.1) is 13.1 Å². The first-order chi connectivity index (χ1) is 15.9. The molecule has 34 heavy (non-hydrogen) atoms. The highest BCUT2D eigenvalue weighted by Crippen LogP contribution is 2.35. The van der Waals surface area contributed by atoms with Crippen LogP contribution in [-0.4, -0.2) is 41.9 Å². The number of halogens is 1. The summed E-state index contributed by atoms with van der Waals surface area (Å²) >= 11 is 0. The van der Waals surface area contributed by atoms with E-state index in [4.69, 9.17) is 4.74 Å². The van der Waals surface area contributed by atoms with Crippen LogP contribution in [0.25, 0.3) is 0 Å². The van der Waals surface area contributed by atoms with Gasteiger partial charge in [0.15, 0.2) is 0 Å². The van der Waals surface area contributed by atoms with Gasteiger partial charge in [-0.05, 0) is 65.8 Å². The molecule has 1 fully saturated rings. The van der Waals surface area contributed by atoms with E-state index in [2.05, 4.69) is 59.7 Å². The van der Waals surface area contributed by atoms with Gasteiger partial charge in [-0.3, -0.25) is 0 Å². The number of hydrogen-bond acceptors (Lipinski definition) is 2. The molecule has 0 spiro atoms. The fraction of sp³-hybridized carbons (Fsp3) is 0.600. The first-order valence-electron chi connectivity index (χ1n) is 12.9. The molecule has 1 heterocycles. The third-order valence-corrected chi connectivity index (χ3v) is 7.13. The second-order valence-electron chi connectivity index (χ2n) is 12.3. The molecule has 1 N–H and O–H groups in total. The molecule has 2 aromatic carbocycles. The number of rotatable bonds is 7. The number of aliphatic hydroxyl groups is 1. The molecule has 3 rings (SSSR count). The summed E-state index contributed by atoms with van der Waals surface area (Å²) in [5, 5.41) is 11.1. The second kappa shape index (κ2) is 10.8. The Bertz CT molecular complexity index is 916. The predicted octanol–water partition coefficient (Wildman–Crippen LogP) is 6.75. The van der Waals surface area contributed by atoms with Crippen LogP contribution in [0.5, 0.6) is 5.75 Å². The van der Waals surface area contributed by atoms with Crippen LogP contribution < -0.4 is 4.74 Å². The Morgan fingerprint density at radius 3 is 2.06 bits per heavy atom. The first kappa shape index (κ1) is 26.7. The minimum Gasteiger partial charge on any atom is -0.490 e. The van der Waals surface area contributed by atoms with E-state index in [-0.39, 0.29) is 23.3 Å². The predicted molar refractivity (Wildman–Crippen MR) is 139 cm³/mol. The number of nitrogens with zero attached hydrogens (tertiary/aromatic N) is 1. The van der Waals surface area contributed by atoms with Gasteiger partial charge in [-0.1, -0.05) is 65.8 Å². The summed E-state index contributed by atoms with van der Waals surface area (Å²) in [4.78, 5) is 0. The van der Waals surface area contributed by atoms with Crippen molar-refractivity contribution in [3.8, 4) is 5.75 Å². The molecule has 1 saturated heterocycles. The van der Waals surface area contributed by atoms with Crippen LogP contribution in [0.15, 0.2) is 42.5 Å². The number of benzene rings is 2. The van der Waals surface area contributed by atoms with E-state index in [0.29, 0.717) is 6.54 Å². The standard InChI is InChI=1S/C30H45FNO2/c1-29(2,3)24-13-16-28(27(19-24)30(4,5)6)34-22-26(33)21-32(17-9-7-8-10-18-32)20-23-11-14-25(31)15-12-23/h11-16,19,26,33H,7-10,17-18,20-22H2,1-6H3/q+1/t26-/m0/s1. The van der Waals surface area contributed by atoms with Crippen LogP contribution in [0, 0.1) is 5.82 Å². The van der Waals surface area contributed by atoms with Crippen LogP contribution >= 0.6 is 0 Å². The molecule has 0 radical (unpaired) electrons. The Kier molecular flexibility index (Phi) is 8.47. The quantitative estimate of drug-likeness (QED) is 0.454. The lowest BCUT2D eigenvalue weighted by Crippen LogP contribution is -2.53. The van der Waals surface area contributed by atoms with Gasteiger partial charge in [0, 0.05) is 5.56 Å². The maximum atomic E-state index is 13.4. The van der Waals surface area contributed by atoms with Crippen molar-refractivity contribution in [3.63, 3.8) is 0 Å². The Hall–Kier alpha value is -1.91. The van der Waals surface area contributed by atoms with Gasteiger partial charge in [-0.2, -0.15) is 0 Å². The highest BCUT2D eigenvalue weighted by molar-refractivity contribution is 5.43. The van der Waals surface area contributed by atoms with Gasteiger partial charge in [-0.15, -0.1) is 0 Å². The van der Waals surface area contributed by atoms with Gasteiger partial charge in [0.2, 0.25) is 0 Å². The molecule has 2 aromatic rings. The van der Waals surface area contributed by atoms with Gasteiger partial charge < -0.3 is 14.3 Å². The van der Waals surface area contributed by atoms with Gasteiger partial charge in [0.1, 0.15) is 37.4 Å². The van der Waals surface area contributed by atoms with Crippen LogP contribution in [0.2, 0.25) is 0 Å². The monoisotopic (exact) mass is 470 g/mol. The van der Waals surface area contributed by atoms with Crippen molar-refractivity contribution in [1.82, 2.24) is 0 Å². The number of aliphatic hydroxyl groups excluding tert-OH is 1. The average Bonchev–Trinajstić information content (AvgIpc) is 2.98. The largest absolute Gasteiger partial charge is 0.490 e. The van der Waals surface area contributed by atoms with Crippen molar-refractivity contribution in [2.75, 3.05) is 26.2 Å². The summed E-state index contributed by atoms with van der Waals surface area (Å²) in [6.07, 6.45) is 4.25. The fourth-order valence-corrected chi connectivity index (χ4v) is 5.14. The molecule has 0 amide bonds. The molecule has 4 heteroatoms. The summed E-state index contributed by atoms with van der Waals surface area (Å²) in [5.74, 6) is 0.659. The number of ether oxygens (including phenoxy) is 1. The molecular formula is C30H45FNO2+. The highest BCUT2D eigenvalue weighted by Gasteiger charge is 2.32. The molecule has 0 aliphatic carbocycles. The zero-order valence-corrected chi connectivity index (χ0v) is 22.2. The minimum absolute atomic E-state index is 0.0529. The van der Waals surface area contributed by atoms with Crippen molar-refractivity contribution in [2.45, 2.75) is 90.7 Å². The summed E-state index contributed by atoms with van der Waals surface area (Å²) in [6.45, 7) is 17.1. The van der Waals surface area contributed by atoms with E-state index in [9.17, 15) is 9.50 Å². The second-order valence-corrected chi connectivity index (χ2v) is 12.3. The molecule has 0 unspecified atom stereocenters. The van der Waals surface area contributed by atoms with Crippen molar-refractivity contribution in [3.05, 3.63) is 65.0 Å². The third kappa shape index (κ3) is 7.29. The third-order valence-electron chi connectivity index (χ3n) is 7.13. The summed E-state index contributed by atoms with van der Waals surface area (Å²) in [7, 11) is 0. The normalized spacial score (nSPS) is 17.8. The molecule has 1 atom stereocenters. The molecule has 188 valence electrons. The average molecular weight is 471 g/mol. The summed E-state index contributed by atoms with van der Waals surface area (Å²) in [5.41, 5.74) is 3.62. The Morgan fingerprint density at radius 2 is 1.50 bits per heavy atom. The zero-order valence-electron chi connectivity index (χ0n) is 22.2. The number of hydrogen-bond donors (Lipinski definition) is 1. The van der Waals surface area contributed by atoms with E-state index in [0.717, 1.165) is 48.3 Å². The topological polar surface area (TPSA) is 29.5 Å². The fourth-order valence-electron chi connectivity index (χ4n) is 5.14. The van der Waals surface area contributed by atoms with Crippen molar-refractivity contribution < 1.29 is 18.7 Å². The van der Waals surface area contributed by atoms with Crippen molar-refractivity contribution in [1.29, 1.82) is 0 Å². The number of quaternary nitrogens is 1. The first-order valence-corrected chi connectivity index (χ1v) is 12.9. The van der Waals surface area contributed by atoms with Gasteiger partial charge in [0.25, 0.3) is 0 Å². The maximum Gasteiger partial charge on any atom is 0.137 e. The SMILES string of the molecule is CC(C)(C)c1ccc(OC[C@@H](O)C[N+]2(Cc3ccc(F)cc3)CCCCCC2)c(C(C)(C)C)c1. The Balaban J connectivity index is 1.74. The van der Waals surface area contributed by atoms with E-state index >= 15 is 0 Å². The van der Waals surface area contributed by atoms with E-state index in [1.165, 1.54) is 24.0 Å². The Labute approximate surface area is 206 Å². The molecule has 3 nitrogen and oxygen atoms in total. The summed E-state index contributed by atoms with van der Waals surface area (Å²) < 4.78 is 20.5. The molecule has 1 aliphatic rings. The lowest BCUT2D eigenvalue weighted by atomic mass is 9.80. The van der Waals surface area contributed by atoms with Crippen molar-refractivity contribution >= 4 is 0 Å². The lowest BCUT2D eigenvalue weighted by Gasteiger charge is -2.39. The highest BCUT2D eigenvalue weighted by atomic mass is 19.1. The van der Waals surface area contributed by atoms with E-state index < -0.39 is 6.10 Å². The molecule has 0 aromatic heterocycles.